The average Bonchev–Trinajstić information content (AvgIpc) is 3.19. The van der Waals surface area contributed by atoms with E-state index in [0.717, 1.165) is 10.5 Å². The van der Waals surface area contributed by atoms with Crippen LogP contribution in [0.2, 0.25) is 0 Å². The topological polar surface area (TPSA) is 74.7 Å². The van der Waals surface area contributed by atoms with E-state index in [1.807, 2.05) is 30.3 Å². The van der Waals surface area contributed by atoms with Crippen LogP contribution in [0.5, 0.6) is 0 Å². The smallest absolute Gasteiger partial charge is 0.326 e. The predicted molar refractivity (Wildman–Crippen MR) is 69.6 cm³/mol. The van der Waals surface area contributed by atoms with Gasteiger partial charge < -0.3 is 5.11 Å². The van der Waals surface area contributed by atoms with Gasteiger partial charge in [-0.25, -0.2) is 4.79 Å². The second-order valence-electron chi connectivity index (χ2n) is 5.37. The number of carboxylic acid groups (broad SMARTS) is 1. The lowest BCUT2D eigenvalue weighted by molar-refractivity contribution is -0.156. The molecule has 1 N–H and O–H groups in total. The molecule has 104 valence electrons. The van der Waals surface area contributed by atoms with Crippen molar-refractivity contribution in [1.29, 1.82) is 0 Å². The van der Waals surface area contributed by atoms with Crippen LogP contribution in [-0.2, 0) is 20.8 Å². The summed E-state index contributed by atoms with van der Waals surface area (Å²) in [5.74, 6) is -2.22. The molecule has 3 atom stereocenters. The molecule has 1 aromatic rings. The number of hydrogen-bond donors (Lipinski definition) is 1. The summed E-state index contributed by atoms with van der Waals surface area (Å²) >= 11 is 0. The number of nitrogens with zero attached hydrogens (tertiary/aromatic N) is 1. The van der Waals surface area contributed by atoms with Crippen molar-refractivity contribution in [3.63, 3.8) is 0 Å². The molecule has 2 amide bonds. The lowest BCUT2D eigenvalue weighted by Gasteiger charge is -2.24. The van der Waals surface area contributed by atoms with Gasteiger partial charge in [-0.1, -0.05) is 30.3 Å². The summed E-state index contributed by atoms with van der Waals surface area (Å²) in [5, 5.41) is 9.30. The number of hydrogen-bond acceptors (Lipinski definition) is 3. The van der Waals surface area contributed by atoms with Crippen molar-refractivity contribution in [2.45, 2.75) is 25.3 Å². The lowest BCUT2D eigenvalue weighted by Crippen LogP contribution is -2.46. The van der Waals surface area contributed by atoms with Crippen LogP contribution in [0.3, 0.4) is 0 Å². The summed E-state index contributed by atoms with van der Waals surface area (Å²) in [4.78, 5) is 36.3. The van der Waals surface area contributed by atoms with Gasteiger partial charge in [0.2, 0.25) is 11.8 Å². The van der Waals surface area contributed by atoms with Gasteiger partial charge in [0, 0.05) is 0 Å². The molecule has 20 heavy (non-hydrogen) atoms. The third-order valence-electron chi connectivity index (χ3n) is 4.05. The molecule has 3 unspecified atom stereocenters. The Labute approximate surface area is 116 Å². The Morgan fingerprint density at radius 2 is 1.80 bits per heavy atom. The number of carbonyl (C=O) groups is 3. The maximum absolute atomic E-state index is 12.0. The van der Waals surface area contributed by atoms with Crippen LogP contribution < -0.4 is 0 Å². The summed E-state index contributed by atoms with van der Waals surface area (Å²) in [7, 11) is 0. The van der Waals surface area contributed by atoms with Crippen molar-refractivity contribution >= 4 is 17.8 Å². The molecule has 1 aliphatic heterocycles. The van der Waals surface area contributed by atoms with E-state index in [4.69, 9.17) is 0 Å². The Bertz CT molecular complexity index is 548. The molecule has 0 aromatic heterocycles. The van der Waals surface area contributed by atoms with Crippen molar-refractivity contribution < 1.29 is 19.5 Å². The van der Waals surface area contributed by atoms with Crippen molar-refractivity contribution in [3.05, 3.63) is 35.9 Å². The van der Waals surface area contributed by atoms with E-state index in [1.54, 1.807) is 0 Å². The zero-order chi connectivity index (χ0) is 14.3. The highest BCUT2D eigenvalue weighted by molar-refractivity contribution is 6.11. The van der Waals surface area contributed by atoms with E-state index >= 15 is 0 Å². The minimum Gasteiger partial charge on any atom is -0.480 e. The van der Waals surface area contributed by atoms with Crippen LogP contribution in [0.15, 0.2) is 30.3 Å². The number of carboxylic acids is 1. The van der Waals surface area contributed by atoms with Gasteiger partial charge in [0.15, 0.2) is 0 Å². The Morgan fingerprint density at radius 1 is 1.20 bits per heavy atom. The van der Waals surface area contributed by atoms with Crippen LogP contribution in [-0.4, -0.2) is 33.8 Å². The number of aliphatic carboxylic acids is 1. The molecule has 1 heterocycles. The first-order valence-electron chi connectivity index (χ1n) is 6.73. The van der Waals surface area contributed by atoms with Crippen molar-refractivity contribution in [2.75, 3.05) is 0 Å². The van der Waals surface area contributed by atoms with Crippen LogP contribution in [0.4, 0.5) is 0 Å². The molecule has 5 nitrogen and oxygen atoms in total. The number of piperidine rings is 1. The van der Waals surface area contributed by atoms with Crippen LogP contribution >= 0.6 is 0 Å². The number of carbonyl (C=O) groups excluding carboxylic acids is 2. The number of amides is 2. The first-order valence-corrected chi connectivity index (χ1v) is 6.73. The first kappa shape index (κ1) is 12.8. The highest BCUT2D eigenvalue weighted by Gasteiger charge is 2.61. The van der Waals surface area contributed by atoms with Gasteiger partial charge in [-0.05, 0) is 24.8 Å². The fourth-order valence-electron chi connectivity index (χ4n) is 2.83. The van der Waals surface area contributed by atoms with E-state index in [1.165, 1.54) is 0 Å². The molecule has 0 radical (unpaired) electrons. The monoisotopic (exact) mass is 273 g/mol. The van der Waals surface area contributed by atoms with Crippen molar-refractivity contribution in [3.8, 4) is 0 Å². The summed E-state index contributed by atoms with van der Waals surface area (Å²) in [6, 6.07) is 8.43. The Hall–Kier alpha value is -2.17. The number of benzene rings is 1. The molecule has 1 aromatic carbocycles. The van der Waals surface area contributed by atoms with Crippen LogP contribution in [0.1, 0.15) is 18.4 Å². The Kier molecular flexibility index (Phi) is 3.04. The minimum absolute atomic E-state index is 0.249. The number of likely N-dealkylation sites (tertiary alicyclic amines) is 1. The van der Waals surface area contributed by atoms with Gasteiger partial charge in [0.25, 0.3) is 0 Å². The Morgan fingerprint density at radius 3 is 2.35 bits per heavy atom. The van der Waals surface area contributed by atoms with Gasteiger partial charge in [0.05, 0.1) is 11.8 Å². The van der Waals surface area contributed by atoms with Crippen LogP contribution in [0, 0.1) is 11.8 Å². The predicted octanol–water partition coefficient (Wildman–Crippen LogP) is 1.08. The summed E-state index contributed by atoms with van der Waals surface area (Å²) in [6.07, 6.45) is 1.39. The number of fused-ring (bicyclic) bond motifs is 1. The largest absolute Gasteiger partial charge is 0.480 e. The van der Waals surface area contributed by atoms with E-state index in [9.17, 15) is 19.5 Å². The molecule has 2 fully saturated rings. The Balaban J connectivity index is 1.72. The normalized spacial score (nSPS) is 25.5. The molecule has 0 bridgehead atoms. The fraction of sp³-hybridized carbons (Fsp3) is 0.400. The molecule has 5 heteroatoms. The molecular weight excluding hydrogens is 258 g/mol. The SMILES string of the molecule is O=C(O)C(CCc1ccccc1)N1C(=O)C2CC2C1=O. The quantitative estimate of drug-likeness (QED) is 0.814. The van der Waals surface area contributed by atoms with Crippen molar-refractivity contribution in [2.24, 2.45) is 11.8 Å². The summed E-state index contributed by atoms with van der Waals surface area (Å²) in [5.41, 5.74) is 1.00. The van der Waals surface area contributed by atoms with Gasteiger partial charge >= 0.3 is 5.97 Å². The summed E-state index contributed by atoms with van der Waals surface area (Å²) in [6.45, 7) is 0. The van der Waals surface area contributed by atoms with Gasteiger partial charge in [-0.2, -0.15) is 0 Å². The first-order chi connectivity index (χ1) is 9.59. The van der Waals surface area contributed by atoms with Gasteiger partial charge in [-0.3, -0.25) is 14.5 Å². The second-order valence-corrected chi connectivity index (χ2v) is 5.37. The minimum atomic E-state index is -1.11. The number of imide groups is 1. The third-order valence-corrected chi connectivity index (χ3v) is 4.05. The highest BCUT2D eigenvalue weighted by atomic mass is 16.4. The molecular formula is C15H15NO4. The van der Waals surface area contributed by atoms with E-state index < -0.39 is 12.0 Å². The van der Waals surface area contributed by atoms with Crippen molar-refractivity contribution in [1.82, 2.24) is 4.90 Å². The molecule has 1 saturated carbocycles. The van der Waals surface area contributed by atoms with E-state index in [2.05, 4.69) is 0 Å². The number of aryl methyl sites for hydroxylation is 1. The molecule has 2 aliphatic rings. The molecule has 1 saturated heterocycles. The third kappa shape index (κ3) is 2.09. The standard InChI is InChI=1S/C15H15NO4/c17-13-10-8-11(10)14(18)16(13)12(15(19)20)7-6-9-4-2-1-3-5-9/h1-5,10-12H,6-8H2,(H,19,20). The van der Waals surface area contributed by atoms with E-state index in [0.29, 0.717) is 12.8 Å². The van der Waals surface area contributed by atoms with Gasteiger partial charge in [-0.15, -0.1) is 0 Å². The van der Waals surface area contributed by atoms with Gasteiger partial charge in [0.1, 0.15) is 6.04 Å². The van der Waals surface area contributed by atoms with E-state index in [-0.39, 0.29) is 30.1 Å². The molecule has 0 spiro atoms. The second kappa shape index (κ2) is 4.74. The highest BCUT2D eigenvalue weighted by Crippen LogP contribution is 2.47. The number of rotatable bonds is 5. The maximum atomic E-state index is 12.0. The van der Waals surface area contributed by atoms with Crippen LogP contribution in [0.25, 0.3) is 0 Å². The lowest BCUT2D eigenvalue weighted by atomic mass is 10.0. The zero-order valence-electron chi connectivity index (χ0n) is 10.9. The summed E-state index contributed by atoms with van der Waals surface area (Å²) < 4.78 is 0. The average molecular weight is 273 g/mol. The zero-order valence-corrected chi connectivity index (χ0v) is 10.9. The maximum Gasteiger partial charge on any atom is 0.326 e. The fourth-order valence-corrected chi connectivity index (χ4v) is 2.83. The molecule has 1 aliphatic carbocycles. The molecule has 3 rings (SSSR count).